The predicted octanol–water partition coefficient (Wildman–Crippen LogP) is 9.88. The van der Waals surface area contributed by atoms with Crippen LogP contribution in [0.5, 0.6) is 0 Å². The normalized spacial score (nSPS) is 15.7. The first-order valence-electron chi connectivity index (χ1n) is 14.0. The fourth-order valence-electron chi connectivity index (χ4n) is 4.94. The molecular weight excluding hydrogens is 536 g/mol. The third-order valence-electron chi connectivity index (χ3n) is 7.21. The minimum absolute atomic E-state index is 0.277. The van der Waals surface area contributed by atoms with Crippen molar-refractivity contribution in [3.63, 3.8) is 0 Å². The van der Waals surface area contributed by atoms with E-state index in [0.29, 0.717) is 11.3 Å². The summed E-state index contributed by atoms with van der Waals surface area (Å²) >= 11 is 1.46. The van der Waals surface area contributed by atoms with E-state index in [4.69, 9.17) is 0 Å². The molecule has 0 radical (unpaired) electrons. The Labute approximate surface area is 247 Å². The van der Waals surface area contributed by atoms with Gasteiger partial charge in [-0.15, -0.1) is 5.56 Å². The quantitative estimate of drug-likeness (QED) is 0.212. The molecule has 0 aliphatic heterocycles. The minimum atomic E-state index is 0.277. The van der Waals surface area contributed by atoms with Crippen molar-refractivity contribution in [2.24, 2.45) is 11.3 Å². The van der Waals surface area contributed by atoms with Crippen molar-refractivity contribution in [2.45, 2.75) is 80.1 Å². The van der Waals surface area contributed by atoms with E-state index in [2.05, 4.69) is 138 Å². The fraction of sp³-hybridized carbons (Fsp3) is 0.378. The maximum atomic E-state index is 3.57. The van der Waals surface area contributed by atoms with Crippen LogP contribution in [0.1, 0.15) is 90.5 Å². The topological polar surface area (TPSA) is 0 Å². The summed E-state index contributed by atoms with van der Waals surface area (Å²) in [5.74, 6) is 0.573. The van der Waals surface area contributed by atoms with E-state index >= 15 is 0 Å². The summed E-state index contributed by atoms with van der Waals surface area (Å²) in [6.07, 6.45) is 9.33. The Morgan fingerprint density at radius 2 is 1.50 bits per heavy atom. The largest absolute Gasteiger partial charge is 0.266 e. The van der Waals surface area contributed by atoms with Crippen molar-refractivity contribution in [1.82, 2.24) is 0 Å². The molecule has 3 aromatic carbocycles. The molecule has 3 aromatic rings. The molecule has 2 aliphatic rings. The molecule has 5 rings (SSSR count). The zero-order valence-corrected chi connectivity index (χ0v) is 27.2. The summed E-state index contributed by atoms with van der Waals surface area (Å²) in [6, 6.07) is 26.9. The average molecular weight is 580 g/mol. The molecule has 196 valence electrons. The summed E-state index contributed by atoms with van der Waals surface area (Å²) in [7, 11) is 0. The second kappa shape index (κ2) is 13.3. The summed E-state index contributed by atoms with van der Waals surface area (Å²) in [5, 5.41) is 0. The molecule has 1 heteroatoms. The van der Waals surface area contributed by atoms with Gasteiger partial charge in [-0.3, -0.25) is 6.08 Å². The number of benzene rings is 3. The van der Waals surface area contributed by atoms with Gasteiger partial charge in [0.15, 0.2) is 0 Å². The number of hydrogen-bond donors (Lipinski definition) is 0. The first kappa shape index (κ1) is 30.4. The third-order valence-corrected chi connectivity index (χ3v) is 8.03. The SMILES string of the molecule is CC(C)(C)c1ccc([CH]=[Zr+2])cc1.CCC1=[C-]C(CC)C=C1C(C)(C)C.[c-]1cccc2c1Cc1ccccc1-2. The molecule has 0 heterocycles. The van der Waals surface area contributed by atoms with Crippen molar-refractivity contribution < 1.29 is 24.2 Å². The zero-order chi connectivity index (χ0) is 27.9. The molecule has 0 nitrogen and oxygen atoms in total. The van der Waals surface area contributed by atoms with Crippen LogP contribution in [0.15, 0.2) is 84.0 Å². The van der Waals surface area contributed by atoms with Crippen LogP contribution in [0.3, 0.4) is 0 Å². The van der Waals surface area contributed by atoms with Crippen LogP contribution >= 0.6 is 0 Å². The van der Waals surface area contributed by atoms with Gasteiger partial charge in [0.25, 0.3) is 0 Å². The van der Waals surface area contributed by atoms with Gasteiger partial charge in [0, 0.05) is 0 Å². The Hall–Kier alpha value is -2.11. The van der Waals surface area contributed by atoms with Crippen LogP contribution in [-0.2, 0) is 36.1 Å². The monoisotopic (exact) mass is 578 g/mol. The van der Waals surface area contributed by atoms with E-state index < -0.39 is 0 Å². The first-order chi connectivity index (χ1) is 18.0. The number of hydrogen-bond acceptors (Lipinski definition) is 0. The van der Waals surface area contributed by atoms with E-state index in [-0.39, 0.29) is 5.41 Å². The van der Waals surface area contributed by atoms with Gasteiger partial charge in [-0.2, -0.15) is 41.5 Å². The number of fused-ring (bicyclic) bond motifs is 3. The Bertz CT molecular complexity index is 1230. The maximum Gasteiger partial charge on any atom is -0.0253 e. The van der Waals surface area contributed by atoms with Crippen molar-refractivity contribution >= 4 is 3.71 Å². The zero-order valence-electron chi connectivity index (χ0n) is 24.7. The van der Waals surface area contributed by atoms with Gasteiger partial charge >= 0.3 is 89.5 Å². The summed E-state index contributed by atoms with van der Waals surface area (Å²) in [5.41, 5.74) is 11.8. The van der Waals surface area contributed by atoms with Crippen LogP contribution in [0, 0.1) is 23.5 Å². The average Bonchev–Trinajstić information content (AvgIpc) is 3.50. The van der Waals surface area contributed by atoms with Crippen LogP contribution < -0.4 is 0 Å². The van der Waals surface area contributed by atoms with Crippen LogP contribution in [0.2, 0.25) is 0 Å². The molecule has 0 N–H and O–H groups in total. The Morgan fingerprint density at radius 1 is 0.842 bits per heavy atom. The molecule has 1 atom stereocenters. The summed E-state index contributed by atoms with van der Waals surface area (Å²) < 4.78 is 2.21. The summed E-state index contributed by atoms with van der Waals surface area (Å²) in [4.78, 5) is 0. The van der Waals surface area contributed by atoms with Crippen molar-refractivity contribution in [2.75, 3.05) is 0 Å². The van der Waals surface area contributed by atoms with Gasteiger partial charge < -0.3 is 0 Å². The second-order valence-corrected chi connectivity index (χ2v) is 12.9. The molecule has 0 saturated carbocycles. The summed E-state index contributed by atoms with van der Waals surface area (Å²) in [6.45, 7) is 18.0. The molecule has 0 spiro atoms. The molecule has 0 bridgehead atoms. The smallest absolute Gasteiger partial charge is 0.0253 e. The van der Waals surface area contributed by atoms with Gasteiger partial charge in [-0.05, 0) is 6.42 Å². The van der Waals surface area contributed by atoms with Crippen LogP contribution in [0.25, 0.3) is 11.1 Å². The first-order valence-corrected chi connectivity index (χ1v) is 15.4. The van der Waals surface area contributed by atoms with E-state index in [1.54, 1.807) is 0 Å². The molecular formula is C37H44Zr. The fourth-order valence-corrected chi connectivity index (χ4v) is 5.41. The minimum Gasteiger partial charge on any atom is -0.266 e. The molecule has 0 fully saturated rings. The number of allylic oxidation sites excluding steroid dienone is 4. The van der Waals surface area contributed by atoms with Gasteiger partial charge in [0.2, 0.25) is 0 Å². The van der Waals surface area contributed by atoms with Crippen molar-refractivity contribution in [3.05, 3.63) is 118 Å². The Kier molecular flexibility index (Phi) is 10.7. The predicted molar refractivity (Wildman–Crippen MR) is 162 cm³/mol. The standard InChI is InChI=1S/C13H9.C13H21.C11H14.Zr/c1-3-7-12-10(5-1)9-11-6-2-4-8-13(11)12;1-6-10-8-11(7-2)12(9-10)13(3,4)5;1-9-5-7-10(8-6-9)11(2,3)4;/h1-5,7-8H,9H2;9-10H,6-7H2,1-5H3;1,5-8H,2-4H3;/q2*-1;;+2. The molecule has 0 aromatic heterocycles. The Balaban J connectivity index is 0.000000158. The molecule has 0 saturated heterocycles. The maximum absolute atomic E-state index is 3.57. The molecule has 0 amide bonds. The van der Waals surface area contributed by atoms with E-state index in [0.717, 1.165) is 12.8 Å². The van der Waals surface area contributed by atoms with Gasteiger partial charge in [-0.1, -0.05) is 94.2 Å². The Morgan fingerprint density at radius 3 is 2.05 bits per heavy atom. The van der Waals surface area contributed by atoms with Gasteiger partial charge in [-0.25, -0.2) is 5.57 Å². The molecule has 2 aliphatic carbocycles. The second-order valence-electron chi connectivity index (χ2n) is 12.2. The van der Waals surface area contributed by atoms with E-state index in [1.807, 2.05) is 6.07 Å². The molecule has 38 heavy (non-hydrogen) atoms. The van der Waals surface area contributed by atoms with Crippen molar-refractivity contribution in [3.8, 4) is 11.1 Å². The molecule has 1 unspecified atom stereocenters. The third kappa shape index (κ3) is 7.96. The van der Waals surface area contributed by atoms with E-state index in [1.165, 1.54) is 75.2 Å². The van der Waals surface area contributed by atoms with Gasteiger partial charge in [0.1, 0.15) is 0 Å². The number of rotatable bonds is 3. The van der Waals surface area contributed by atoms with Crippen molar-refractivity contribution in [1.29, 1.82) is 0 Å². The van der Waals surface area contributed by atoms with Gasteiger partial charge in [0.05, 0.1) is 0 Å². The van der Waals surface area contributed by atoms with Crippen LogP contribution in [-0.4, -0.2) is 3.71 Å². The van der Waals surface area contributed by atoms with Crippen LogP contribution in [0.4, 0.5) is 0 Å². The van der Waals surface area contributed by atoms with E-state index in [9.17, 15) is 0 Å².